The number of nitrogens with one attached hydrogen (secondary N) is 1. The average Bonchev–Trinajstić information content (AvgIpc) is 2.86. The Morgan fingerprint density at radius 3 is 2.60 bits per heavy atom. The highest BCUT2D eigenvalue weighted by Crippen LogP contribution is 2.21. The molecule has 0 saturated heterocycles. The van der Waals surface area contributed by atoms with Crippen LogP contribution in [0.4, 0.5) is 8.78 Å². The molecule has 2 aromatic rings. The normalized spacial score (nSPS) is 14.2. The van der Waals surface area contributed by atoms with E-state index in [4.69, 9.17) is 4.42 Å². The monoisotopic (exact) mass is 279 g/mol. The number of aryl methyl sites for hydroxylation is 1. The van der Waals surface area contributed by atoms with Crippen LogP contribution in [0, 0.1) is 18.6 Å². The largest absolute Gasteiger partial charge is 0.469 e. The molecule has 0 aliphatic rings. The molecule has 0 amide bonds. The van der Waals surface area contributed by atoms with Gasteiger partial charge in [-0.25, -0.2) is 8.78 Å². The number of benzene rings is 1. The van der Waals surface area contributed by atoms with Crippen molar-refractivity contribution in [1.82, 2.24) is 5.32 Å². The van der Waals surface area contributed by atoms with Crippen LogP contribution in [0.5, 0.6) is 0 Å². The third kappa shape index (κ3) is 3.45. The van der Waals surface area contributed by atoms with Crippen molar-refractivity contribution in [2.75, 3.05) is 0 Å². The van der Waals surface area contributed by atoms with Gasteiger partial charge in [0.25, 0.3) is 0 Å². The van der Waals surface area contributed by atoms with E-state index in [0.717, 1.165) is 5.76 Å². The lowest BCUT2D eigenvalue weighted by Crippen LogP contribution is -2.31. The van der Waals surface area contributed by atoms with Crippen molar-refractivity contribution >= 4 is 0 Å². The highest BCUT2D eigenvalue weighted by atomic mass is 19.1. The number of furan rings is 1. The molecule has 108 valence electrons. The lowest BCUT2D eigenvalue weighted by molar-refractivity contribution is 0.420. The molecule has 1 aromatic heterocycles. The molecule has 0 fully saturated rings. The minimum absolute atomic E-state index is 0.0971. The highest BCUT2D eigenvalue weighted by molar-refractivity contribution is 5.27. The van der Waals surface area contributed by atoms with E-state index < -0.39 is 0 Å². The minimum Gasteiger partial charge on any atom is -0.469 e. The topological polar surface area (TPSA) is 25.2 Å². The Kier molecular flexibility index (Phi) is 4.55. The first-order valence-corrected chi connectivity index (χ1v) is 6.71. The molecule has 4 heteroatoms. The molecule has 1 N–H and O–H groups in total. The maximum absolute atomic E-state index is 13.9. The number of halogens is 2. The van der Waals surface area contributed by atoms with Gasteiger partial charge in [0, 0.05) is 24.1 Å². The van der Waals surface area contributed by atoms with E-state index in [1.807, 2.05) is 26.0 Å². The summed E-state index contributed by atoms with van der Waals surface area (Å²) < 4.78 is 32.7. The predicted octanol–water partition coefficient (Wildman–Crippen LogP) is 4.15. The summed E-state index contributed by atoms with van der Waals surface area (Å²) in [7, 11) is 0. The first-order valence-electron chi connectivity index (χ1n) is 6.71. The summed E-state index contributed by atoms with van der Waals surface area (Å²) in [5.74, 6) is 0.107. The summed E-state index contributed by atoms with van der Waals surface area (Å²) in [5, 5.41) is 3.26. The minimum atomic E-state index is -0.381. The van der Waals surface area contributed by atoms with Crippen LogP contribution in [-0.2, 0) is 6.42 Å². The van der Waals surface area contributed by atoms with E-state index >= 15 is 0 Å². The van der Waals surface area contributed by atoms with Crippen molar-refractivity contribution in [3.05, 3.63) is 59.1 Å². The second-order valence-electron chi connectivity index (χ2n) is 5.20. The van der Waals surface area contributed by atoms with Crippen molar-refractivity contribution < 1.29 is 13.2 Å². The number of rotatable bonds is 5. The first kappa shape index (κ1) is 14.7. The summed E-state index contributed by atoms with van der Waals surface area (Å²) in [5.41, 5.74) is 0.668. The molecule has 0 aliphatic carbocycles. The molecule has 0 spiro atoms. The zero-order chi connectivity index (χ0) is 14.7. The molecule has 0 saturated carbocycles. The summed E-state index contributed by atoms with van der Waals surface area (Å²) in [4.78, 5) is 0. The fourth-order valence-electron chi connectivity index (χ4n) is 2.30. The molecule has 1 heterocycles. The van der Waals surface area contributed by atoms with Gasteiger partial charge in [0.15, 0.2) is 0 Å². The van der Waals surface area contributed by atoms with Crippen LogP contribution in [0.1, 0.15) is 36.8 Å². The van der Waals surface area contributed by atoms with Gasteiger partial charge in [-0.15, -0.1) is 0 Å². The quantitative estimate of drug-likeness (QED) is 0.889. The van der Waals surface area contributed by atoms with Crippen molar-refractivity contribution in [3.63, 3.8) is 0 Å². The van der Waals surface area contributed by atoms with Gasteiger partial charge >= 0.3 is 0 Å². The van der Waals surface area contributed by atoms with Gasteiger partial charge in [-0.2, -0.15) is 0 Å². The van der Waals surface area contributed by atoms with Crippen molar-refractivity contribution in [2.24, 2.45) is 0 Å². The molecule has 0 aliphatic heterocycles. The zero-order valence-electron chi connectivity index (χ0n) is 11.9. The Hall–Kier alpha value is -1.68. The standard InChI is InChI=1S/C16H19F2NO/c1-10-7-16(18)14(9-15(10)17)12(3)19-11(2)8-13-5-4-6-20-13/h4-7,9,11-12,19H,8H2,1-3H3. The van der Waals surface area contributed by atoms with E-state index in [0.29, 0.717) is 17.5 Å². The second kappa shape index (κ2) is 6.18. The SMILES string of the molecule is Cc1cc(F)c(C(C)NC(C)Cc2ccco2)cc1F. The summed E-state index contributed by atoms with van der Waals surface area (Å²) in [6, 6.07) is 6.06. The van der Waals surface area contributed by atoms with Crippen LogP contribution in [0.25, 0.3) is 0 Å². The van der Waals surface area contributed by atoms with Crippen LogP contribution in [0.15, 0.2) is 34.9 Å². The summed E-state index contributed by atoms with van der Waals surface area (Å²) in [6.45, 7) is 5.37. The number of hydrogen-bond acceptors (Lipinski definition) is 2. The molecule has 2 atom stereocenters. The van der Waals surface area contributed by atoms with Crippen molar-refractivity contribution in [3.8, 4) is 0 Å². The molecule has 2 unspecified atom stereocenters. The summed E-state index contributed by atoms with van der Waals surface area (Å²) >= 11 is 0. The molecule has 20 heavy (non-hydrogen) atoms. The van der Waals surface area contributed by atoms with Gasteiger partial charge in [0.2, 0.25) is 0 Å². The second-order valence-corrected chi connectivity index (χ2v) is 5.20. The smallest absolute Gasteiger partial charge is 0.128 e. The maximum atomic E-state index is 13.9. The molecular weight excluding hydrogens is 260 g/mol. The Labute approximate surface area is 117 Å². The van der Waals surface area contributed by atoms with E-state index in [9.17, 15) is 8.78 Å². The van der Waals surface area contributed by atoms with Gasteiger partial charge in [0.05, 0.1) is 6.26 Å². The van der Waals surface area contributed by atoms with Gasteiger partial charge in [-0.3, -0.25) is 0 Å². The van der Waals surface area contributed by atoms with Crippen LogP contribution in [0.2, 0.25) is 0 Å². The molecular formula is C16H19F2NO. The molecule has 0 radical (unpaired) electrons. The summed E-state index contributed by atoms with van der Waals surface area (Å²) in [6.07, 6.45) is 2.33. The van der Waals surface area contributed by atoms with Gasteiger partial charge in [-0.05, 0) is 50.6 Å². The van der Waals surface area contributed by atoms with Gasteiger partial charge in [-0.1, -0.05) is 0 Å². The highest BCUT2D eigenvalue weighted by Gasteiger charge is 2.16. The van der Waals surface area contributed by atoms with Gasteiger partial charge in [0.1, 0.15) is 17.4 Å². The molecule has 2 rings (SSSR count). The molecule has 0 bridgehead atoms. The Bertz CT molecular complexity index is 566. The molecule has 1 aromatic carbocycles. The van der Waals surface area contributed by atoms with Crippen LogP contribution < -0.4 is 5.32 Å². The average molecular weight is 279 g/mol. The van der Waals surface area contributed by atoms with E-state index in [-0.39, 0.29) is 23.7 Å². The Morgan fingerprint density at radius 1 is 1.20 bits per heavy atom. The third-order valence-electron chi connectivity index (χ3n) is 3.37. The van der Waals surface area contributed by atoms with Crippen LogP contribution in [-0.4, -0.2) is 6.04 Å². The Balaban J connectivity index is 2.04. The fraction of sp³-hybridized carbons (Fsp3) is 0.375. The van der Waals surface area contributed by atoms with Gasteiger partial charge < -0.3 is 9.73 Å². The van der Waals surface area contributed by atoms with E-state index in [1.165, 1.54) is 12.1 Å². The number of hydrogen-bond donors (Lipinski definition) is 1. The third-order valence-corrected chi connectivity index (χ3v) is 3.37. The fourth-order valence-corrected chi connectivity index (χ4v) is 2.30. The lowest BCUT2D eigenvalue weighted by atomic mass is 10.0. The van der Waals surface area contributed by atoms with Crippen molar-refractivity contribution in [1.29, 1.82) is 0 Å². The van der Waals surface area contributed by atoms with E-state index in [1.54, 1.807) is 13.2 Å². The van der Waals surface area contributed by atoms with Crippen LogP contribution >= 0.6 is 0 Å². The Morgan fingerprint density at radius 2 is 1.95 bits per heavy atom. The van der Waals surface area contributed by atoms with Crippen molar-refractivity contribution in [2.45, 2.75) is 39.3 Å². The predicted molar refractivity (Wildman–Crippen MR) is 74.5 cm³/mol. The van der Waals surface area contributed by atoms with Crippen LogP contribution in [0.3, 0.4) is 0 Å². The maximum Gasteiger partial charge on any atom is 0.128 e. The first-order chi connectivity index (χ1) is 9.47. The zero-order valence-corrected chi connectivity index (χ0v) is 11.9. The lowest BCUT2D eigenvalue weighted by Gasteiger charge is -2.20. The van der Waals surface area contributed by atoms with E-state index in [2.05, 4.69) is 5.32 Å². The molecule has 2 nitrogen and oxygen atoms in total.